The van der Waals surface area contributed by atoms with Gasteiger partial charge >= 0.3 is 10.2 Å². The van der Waals surface area contributed by atoms with Crippen LogP contribution in [0.5, 0.6) is 0 Å². The number of halogens is 1. The van der Waals surface area contributed by atoms with Gasteiger partial charge in [0.25, 0.3) is 0 Å². The number of nitrogens with zero attached hydrogens (tertiary/aromatic N) is 3. The fraction of sp³-hybridized carbons (Fsp3) is 0.385. The van der Waals surface area contributed by atoms with Gasteiger partial charge in [0.15, 0.2) is 0 Å². The van der Waals surface area contributed by atoms with Gasteiger partial charge in [-0.05, 0) is 52.6 Å². The molecule has 0 radical (unpaired) electrons. The van der Waals surface area contributed by atoms with E-state index in [1.165, 1.54) is 51.3 Å². The highest BCUT2D eigenvalue weighted by Gasteiger charge is 2.30. The minimum absolute atomic E-state index is 0.507. The van der Waals surface area contributed by atoms with Crippen molar-refractivity contribution in [2.45, 2.75) is 25.7 Å². The lowest BCUT2D eigenvalue weighted by atomic mass is 10.1. The van der Waals surface area contributed by atoms with E-state index in [4.69, 9.17) is 0 Å². The zero-order chi connectivity index (χ0) is 15.8. The van der Waals surface area contributed by atoms with E-state index >= 15 is 0 Å². The second kappa shape index (κ2) is 6.35. The third kappa shape index (κ3) is 3.49. The quantitative estimate of drug-likeness (QED) is 0.679. The molecule has 5 nitrogen and oxygen atoms in total. The van der Waals surface area contributed by atoms with E-state index in [-0.39, 0.29) is 0 Å². The number of thioether (sulfide) groups is 1. The minimum atomic E-state index is -3.54. The fourth-order valence-electron chi connectivity index (χ4n) is 1.97. The molecule has 0 N–H and O–H groups in total. The molecule has 2 rings (SSSR count). The zero-order valence-electron chi connectivity index (χ0n) is 12.6. The molecular formula is C13H18IN3O2S2. The Morgan fingerprint density at radius 2 is 1.76 bits per heavy atom. The average Bonchev–Trinajstić information content (AvgIpc) is 2.82. The van der Waals surface area contributed by atoms with Crippen molar-refractivity contribution < 1.29 is 8.42 Å². The summed E-state index contributed by atoms with van der Waals surface area (Å²) in [6, 6.07) is 4.24. The Morgan fingerprint density at radius 3 is 2.29 bits per heavy atom. The average molecular weight is 439 g/mol. The number of hydrogen-bond acceptors (Lipinski definition) is 4. The summed E-state index contributed by atoms with van der Waals surface area (Å²) in [5.41, 5.74) is 3.56. The van der Waals surface area contributed by atoms with E-state index in [2.05, 4.69) is 38.0 Å². The largest absolute Gasteiger partial charge is 0.323 e. The lowest BCUT2D eigenvalue weighted by molar-refractivity contribution is 0.469. The number of hydrazone groups is 1. The van der Waals surface area contributed by atoms with Crippen molar-refractivity contribution in [3.05, 3.63) is 28.8 Å². The molecule has 116 valence electrons. The molecule has 0 bridgehead atoms. The van der Waals surface area contributed by atoms with Gasteiger partial charge in [0.2, 0.25) is 0 Å². The lowest BCUT2D eigenvalue weighted by Gasteiger charge is -2.22. The van der Waals surface area contributed by atoms with E-state index in [0.717, 1.165) is 7.86 Å². The number of aryl methyl sites for hydroxylation is 3. The normalized spacial score (nSPS) is 15.3. The van der Waals surface area contributed by atoms with Gasteiger partial charge in [0.05, 0.1) is 4.22 Å². The highest BCUT2D eigenvalue weighted by molar-refractivity contribution is 14.2. The van der Waals surface area contributed by atoms with Crippen LogP contribution < -0.4 is 0 Å². The van der Waals surface area contributed by atoms with Gasteiger partial charge in [0, 0.05) is 19.0 Å². The van der Waals surface area contributed by atoms with Gasteiger partial charge in [-0.3, -0.25) is 0 Å². The monoisotopic (exact) mass is 439 g/mol. The zero-order valence-corrected chi connectivity index (χ0v) is 16.4. The number of hydrogen-bond donors (Lipinski definition) is 0. The first-order valence-corrected chi connectivity index (χ1v) is 10.8. The van der Waals surface area contributed by atoms with Crippen molar-refractivity contribution in [3.8, 4) is 0 Å². The molecule has 1 aliphatic rings. The van der Waals surface area contributed by atoms with Gasteiger partial charge in [0.1, 0.15) is 2.96 Å². The first-order valence-electron chi connectivity index (χ1n) is 6.24. The number of benzene rings is 1. The van der Waals surface area contributed by atoms with Crippen LogP contribution in [0.1, 0.15) is 16.7 Å². The minimum Gasteiger partial charge on any atom is -0.189 e. The van der Waals surface area contributed by atoms with Crippen LogP contribution in [0.3, 0.4) is 0 Å². The summed E-state index contributed by atoms with van der Waals surface area (Å²) in [6.45, 7) is 6.18. The van der Waals surface area contributed by atoms with E-state index in [1.807, 2.05) is 0 Å². The molecule has 1 aliphatic heterocycles. The Morgan fingerprint density at radius 1 is 1.19 bits per heavy atom. The van der Waals surface area contributed by atoms with Crippen LogP contribution in [-0.4, -0.2) is 38.4 Å². The topological polar surface area (TPSA) is 53.0 Å². The van der Waals surface area contributed by atoms with Gasteiger partial charge in [-0.1, -0.05) is 29.5 Å². The van der Waals surface area contributed by atoms with Gasteiger partial charge in [-0.25, -0.2) is 0 Å². The molecule has 0 aliphatic carbocycles. The summed E-state index contributed by atoms with van der Waals surface area (Å²) in [5.74, 6) is 0. The Balaban J connectivity index is 2.33. The van der Waals surface area contributed by atoms with Crippen molar-refractivity contribution in [2.24, 2.45) is 5.10 Å². The summed E-state index contributed by atoms with van der Waals surface area (Å²) < 4.78 is 29.5. The third-order valence-electron chi connectivity index (χ3n) is 2.91. The van der Waals surface area contributed by atoms with Crippen LogP contribution in [-0.2, 0) is 10.2 Å². The van der Waals surface area contributed by atoms with Crippen molar-refractivity contribution in [2.75, 3.05) is 14.1 Å². The van der Waals surface area contributed by atoms with Gasteiger partial charge in [-0.15, -0.1) is 4.41 Å². The highest BCUT2D eigenvalue weighted by atomic mass is 127. The van der Waals surface area contributed by atoms with Crippen LogP contribution in [0.2, 0.25) is 0 Å². The predicted octanol–water partition coefficient (Wildman–Crippen LogP) is 2.83. The van der Waals surface area contributed by atoms with Crippen molar-refractivity contribution in [1.29, 1.82) is 0 Å². The second-order valence-corrected chi connectivity index (χ2v) is 10.8. The van der Waals surface area contributed by atoms with Gasteiger partial charge in [-0.2, -0.15) is 17.8 Å². The number of rotatable bonds is 4. The molecule has 0 fully saturated rings. The van der Waals surface area contributed by atoms with Crippen LogP contribution in [0, 0.1) is 20.8 Å². The Bertz CT molecular complexity index is 704. The molecule has 0 aromatic heterocycles. The molecule has 0 unspecified atom stereocenters. The highest BCUT2D eigenvalue weighted by Crippen LogP contribution is 2.35. The molecule has 0 amide bonds. The van der Waals surface area contributed by atoms with Crippen molar-refractivity contribution in [3.63, 3.8) is 0 Å². The molecule has 1 aromatic carbocycles. The summed E-state index contributed by atoms with van der Waals surface area (Å²) in [7, 11) is -0.501. The van der Waals surface area contributed by atoms with Gasteiger partial charge < -0.3 is 0 Å². The third-order valence-corrected chi connectivity index (χ3v) is 8.96. The molecule has 1 aromatic rings. The molecule has 0 saturated heterocycles. The molecule has 0 atom stereocenters. The predicted molar refractivity (Wildman–Crippen MR) is 98.5 cm³/mol. The van der Waals surface area contributed by atoms with E-state index in [9.17, 15) is 8.42 Å². The fourth-order valence-corrected chi connectivity index (χ4v) is 7.27. The maximum Gasteiger partial charge on any atom is 0.323 e. The molecule has 8 heteroatoms. The maximum absolute atomic E-state index is 12.3. The van der Waals surface area contributed by atoms with E-state index in [0.29, 0.717) is 0 Å². The van der Waals surface area contributed by atoms with Crippen LogP contribution in [0.25, 0.3) is 0 Å². The second-order valence-electron chi connectivity index (χ2n) is 4.94. The maximum atomic E-state index is 12.3. The standard InChI is InChI=1S/C13H18IN3O2S2/c1-9-6-10(2)12(11(3)7-9)20-13-14-8-15-17(13)21(18,19)16(4)5/h6-8H,1-5H3. The summed E-state index contributed by atoms with van der Waals surface area (Å²) >= 11 is 1.02. The molecule has 0 spiro atoms. The Hall–Kier alpha value is -0.450. The first-order chi connectivity index (χ1) is 9.73. The molecule has 0 saturated carbocycles. The molecule has 1 heterocycles. The SMILES string of the molecule is Cc1cc(C)c(SC2=IC=NN2S(=O)(=O)N(C)C)c(C)c1. The van der Waals surface area contributed by atoms with E-state index in [1.54, 1.807) is 4.22 Å². The summed E-state index contributed by atoms with van der Waals surface area (Å²) in [6.07, 6.45) is 0. The van der Waals surface area contributed by atoms with Crippen LogP contribution in [0.4, 0.5) is 0 Å². The van der Waals surface area contributed by atoms with Crippen molar-refractivity contribution in [1.82, 2.24) is 8.72 Å². The lowest BCUT2D eigenvalue weighted by Crippen LogP contribution is -2.37. The van der Waals surface area contributed by atoms with Crippen molar-refractivity contribution >= 4 is 49.9 Å². The van der Waals surface area contributed by atoms with E-state index < -0.39 is 30.9 Å². The summed E-state index contributed by atoms with van der Waals surface area (Å²) in [4.78, 5) is 1.12. The Labute approximate surface area is 140 Å². The molecule has 21 heavy (non-hydrogen) atoms. The molecular weight excluding hydrogens is 421 g/mol. The van der Waals surface area contributed by atoms with Crippen LogP contribution in [0.15, 0.2) is 22.1 Å². The first kappa shape index (κ1) is 16.9. The Kier molecular flexibility index (Phi) is 5.11. The van der Waals surface area contributed by atoms with Crippen LogP contribution >= 0.6 is 32.5 Å². The smallest absolute Gasteiger partial charge is 0.189 e. The summed E-state index contributed by atoms with van der Waals surface area (Å²) in [5, 5.41) is 4.05.